The van der Waals surface area contributed by atoms with E-state index in [1.54, 1.807) is 0 Å². The molecule has 0 saturated heterocycles. The van der Waals surface area contributed by atoms with Crippen molar-refractivity contribution >= 4 is 44.6 Å². The Bertz CT molecular complexity index is 580. The van der Waals surface area contributed by atoms with Gasteiger partial charge in [-0.3, -0.25) is 0 Å². The predicted molar refractivity (Wildman–Crippen MR) is 160 cm³/mol. The zero-order chi connectivity index (χ0) is 24.1. The average Bonchev–Trinajstić information content (AvgIpc) is 2.53. The molecular weight excluding hydrogens is 457 g/mol. The summed E-state index contributed by atoms with van der Waals surface area (Å²) in [7, 11) is -8.76. The van der Waals surface area contributed by atoms with Crippen molar-refractivity contribution in [2.24, 2.45) is 0 Å². The molecule has 1 rings (SSSR count). The maximum absolute atomic E-state index is 2.78. The Balaban J connectivity index is 4.63. The van der Waals surface area contributed by atoms with Gasteiger partial charge >= 0.3 is 0 Å². The van der Waals surface area contributed by atoms with Gasteiger partial charge in [-0.25, -0.2) is 0 Å². The van der Waals surface area contributed by atoms with Crippen LogP contribution in [0.2, 0.25) is 78.6 Å². The molecule has 0 bridgehead atoms. The van der Waals surface area contributed by atoms with Gasteiger partial charge in [-0.2, -0.15) is 0 Å². The SMILES string of the molecule is CCC1=C(CC)[Si]([Si](C)(C)C)([Si](C)(C)C)C(CC)=C(CC)[Si]1([Si](C)(C)C)[Si](C)(C)C. The van der Waals surface area contributed by atoms with E-state index < -0.39 is 44.6 Å². The summed E-state index contributed by atoms with van der Waals surface area (Å²) < 4.78 is 0. The van der Waals surface area contributed by atoms with Crippen molar-refractivity contribution in [2.45, 2.75) is 132 Å². The number of allylic oxidation sites excluding steroid dienone is 4. The molecule has 0 N–H and O–H groups in total. The minimum absolute atomic E-state index is 1.36. The molecule has 0 aromatic heterocycles. The van der Waals surface area contributed by atoms with Crippen LogP contribution >= 0.6 is 0 Å². The third-order valence-corrected chi connectivity index (χ3v) is 85.4. The summed E-state index contributed by atoms with van der Waals surface area (Å²) in [5, 5.41) is 8.59. The fraction of sp³-hybridized carbons (Fsp3) is 0.833. The first kappa shape index (κ1) is 28.8. The summed E-state index contributed by atoms with van der Waals surface area (Å²) in [6, 6.07) is 0. The van der Waals surface area contributed by atoms with Gasteiger partial charge in [-0.15, -0.1) is 0 Å². The molecule has 1 heterocycles. The zero-order valence-electron chi connectivity index (χ0n) is 23.8. The fourth-order valence-corrected chi connectivity index (χ4v) is 115. The van der Waals surface area contributed by atoms with Crippen LogP contribution in [0.5, 0.6) is 0 Å². The van der Waals surface area contributed by atoms with Crippen LogP contribution in [-0.4, -0.2) is 44.6 Å². The Kier molecular flexibility index (Phi) is 8.51. The van der Waals surface area contributed by atoms with Crippen LogP contribution in [-0.2, 0) is 0 Å². The van der Waals surface area contributed by atoms with Crippen molar-refractivity contribution in [3.63, 3.8) is 0 Å². The summed E-state index contributed by atoms with van der Waals surface area (Å²) in [6.07, 6.45) is 5.42. The summed E-state index contributed by atoms with van der Waals surface area (Å²) in [5.74, 6) is 0. The lowest BCUT2D eigenvalue weighted by atomic mass is 10.3. The Labute approximate surface area is 196 Å². The first-order valence-corrected chi connectivity index (χ1v) is 34.7. The standard InChI is InChI=1S/C24H56Si6/c1-17-21-22(18-2)30(27(11,12)13,28(14,15)16)24(20-4)23(19-3)29(21,25(5,6)7)26(8,9)10/h17-20H2,1-16H3. The lowest BCUT2D eigenvalue weighted by Crippen LogP contribution is -2.82. The first-order valence-electron chi connectivity index (χ1n) is 12.7. The Morgan fingerprint density at radius 1 is 0.367 bits per heavy atom. The summed E-state index contributed by atoms with van der Waals surface area (Å²) in [5.41, 5.74) is 0. The molecule has 0 fully saturated rings. The van der Waals surface area contributed by atoms with E-state index in [2.05, 4.69) is 127 Å². The van der Waals surface area contributed by atoms with Crippen LogP contribution < -0.4 is 0 Å². The van der Waals surface area contributed by atoms with Crippen LogP contribution in [0.3, 0.4) is 0 Å². The van der Waals surface area contributed by atoms with Crippen molar-refractivity contribution in [1.82, 2.24) is 0 Å². The van der Waals surface area contributed by atoms with Gasteiger partial charge in [0.25, 0.3) is 0 Å². The van der Waals surface area contributed by atoms with Crippen molar-refractivity contribution in [3.8, 4) is 0 Å². The smallest absolute Gasteiger partial charge is 0.0858 e. The summed E-state index contributed by atoms with van der Waals surface area (Å²) in [6.45, 7) is 43.6. The molecule has 1 aliphatic heterocycles. The minimum atomic E-state index is -1.64. The fourth-order valence-electron chi connectivity index (χ4n) is 9.06. The van der Waals surface area contributed by atoms with Crippen molar-refractivity contribution < 1.29 is 0 Å². The van der Waals surface area contributed by atoms with E-state index in [0.717, 1.165) is 0 Å². The van der Waals surface area contributed by atoms with Gasteiger partial charge in [0, 0.05) is 30.4 Å². The highest BCUT2D eigenvalue weighted by atomic mass is 29.6. The first-order chi connectivity index (χ1) is 13.3. The monoisotopic (exact) mass is 512 g/mol. The van der Waals surface area contributed by atoms with Gasteiger partial charge in [-0.1, -0.05) is 127 Å². The molecule has 30 heavy (non-hydrogen) atoms. The number of rotatable bonds is 8. The topological polar surface area (TPSA) is 0 Å². The maximum atomic E-state index is 2.78. The van der Waals surface area contributed by atoms with Gasteiger partial charge in [0.1, 0.15) is 0 Å². The quantitative estimate of drug-likeness (QED) is 0.284. The van der Waals surface area contributed by atoms with Gasteiger partial charge in [0.05, 0.1) is 14.2 Å². The summed E-state index contributed by atoms with van der Waals surface area (Å²) >= 11 is 0. The van der Waals surface area contributed by atoms with Crippen molar-refractivity contribution in [1.29, 1.82) is 0 Å². The van der Waals surface area contributed by atoms with Crippen LogP contribution in [0.15, 0.2) is 20.8 Å². The molecule has 0 nitrogen and oxygen atoms in total. The van der Waals surface area contributed by atoms with Gasteiger partial charge < -0.3 is 0 Å². The lowest BCUT2D eigenvalue weighted by molar-refractivity contribution is 1.04. The molecule has 0 aromatic rings. The number of hydrogen-bond acceptors (Lipinski definition) is 0. The molecule has 0 aliphatic carbocycles. The molecule has 0 saturated carbocycles. The molecule has 0 amide bonds. The van der Waals surface area contributed by atoms with E-state index in [-0.39, 0.29) is 0 Å². The highest BCUT2D eigenvalue weighted by molar-refractivity contribution is 7.77. The molecule has 0 atom stereocenters. The average molecular weight is 513 g/mol. The minimum Gasteiger partial charge on any atom is -0.0858 e. The highest BCUT2D eigenvalue weighted by Gasteiger charge is 2.68. The molecule has 6 heteroatoms. The Hall–Kier alpha value is 0.781. The van der Waals surface area contributed by atoms with Crippen LogP contribution in [0.4, 0.5) is 0 Å². The number of hydrogen-bond donors (Lipinski definition) is 0. The third kappa shape index (κ3) is 3.77. The third-order valence-electron chi connectivity index (χ3n) is 8.45. The second kappa shape index (κ2) is 8.86. The van der Waals surface area contributed by atoms with E-state index in [4.69, 9.17) is 0 Å². The van der Waals surface area contributed by atoms with Gasteiger partial charge in [0.15, 0.2) is 0 Å². The highest BCUT2D eigenvalue weighted by Crippen LogP contribution is 2.56. The molecule has 0 unspecified atom stereocenters. The van der Waals surface area contributed by atoms with Crippen molar-refractivity contribution in [2.75, 3.05) is 0 Å². The zero-order valence-corrected chi connectivity index (χ0v) is 29.8. The Morgan fingerprint density at radius 3 is 0.567 bits per heavy atom. The van der Waals surface area contributed by atoms with Gasteiger partial charge in [0.2, 0.25) is 0 Å². The summed E-state index contributed by atoms with van der Waals surface area (Å²) in [4.78, 5) is 0. The molecule has 0 spiro atoms. The largest absolute Gasteiger partial charge is 0.0924 e. The van der Waals surface area contributed by atoms with Crippen LogP contribution in [0, 0.1) is 0 Å². The van der Waals surface area contributed by atoms with Crippen molar-refractivity contribution in [3.05, 3.63) is 20.8 Å². The van der Waals surface area contributed by atoms with E-state index in [9.17, 15) is 0 Å². The lowest BCUT2D eigenvalue weighted by Gasteiger charge is -2.64. The molecule has 1 aliphatic rings. The molecule has 176 valence electrons. The molecule has 0 radical (unpaired) electrons. The van der Waals surface area contributed by atoms with E-state index >= 15 is 0 Å². The van der Waals surface area contributed by atoms with Crippen LogP contribution in [0.1, 0.15) is 53.4 Å². The maximum Gasteiger partial charge on any atom is 0.0924 e. The van der Waals surface area contributed by atoms with E-state index in [1.807, 2.05) is 0 Å². The molecular formula is C24H56Si6. The second-order valence-corrected chi connectivity index (χ2v) is 67.2. The normalized spacial score (nSPS) is 20.8. The predicted octanol–water partition coefficient (Wildman–Crippen LogP) is 8.95. The second-order valence-electron chi connectivity index (χ2n) is 13.8. The Morgan fingerprint density at radius 2 is 0.500 bits per heavy atom. The van der Waals surface area contributed by atoms with Gasteiger partial charge in [-0.05, 0) is 25.7 Å². The van der Waals surface area contributed by atoms with E-state index in [0.29, 0.717) is 0 Å². The molecule has 0 aromatic carbocycles. The van der Waals surface area contributed by atoms with E-state index in [1.165, 1.54) is 25.7 Å². The van der Waals surface area contributed by atoms with Crippen LogP contribution in [0.25, 0.3) is 0 Å².